The first-order valence-electron chi connectivity index (χ1n) is 8.05. The smallest absolute Gasteiger partial charge is 0.0640 e. The maximum Gasteiger partial charge on any atom is 0.0640 e. The highest BCUT2D eigenvalue weighted by molar-refractivity contribution is 7.99. The second-order valence-electron chi connectivity index (χ2n) is 5.97. The highest BCUT2D eigenvalue weighted by Gasteiger charge is 2.18. The van der Waals surface area contributed by atoms with Gasteiger partial charge < -0.3 is 5.32 Å². The zero-order chi connectivity index (χ0) is 14.4. The lowest BCUT2D eigenvalue weighted by Crippen LogP contribution is -2.31. The zero-order valence-electron chi connectivity index (χ0n) is 13.1. The summed E-state index contributed by atoms with van der Waals surface area (Å²) < 4.78 is 2.21. The summed E-state index contributed by atoms with van der Waals surface area (Å²) in [6.45, 7) is 4.57. The maximum absolute atomic E-state index is 4.79. The molecule has 1 heterocycles. The van der Waals surface area contributed by atoms with Crippen molar-refractivity contribution in [1.82, 2.24) is 15.1 Å². The molecule has 0 aliphatic heterocycles. The van der Waals surface area contributed by atoms with Gasteiger partial charge in [-0.15, -0.1) is 0 Å². The summed E-state index contributed by atoms with van der Waals surface area (Å²) in [4.78, 5) is 0. The van der Waals surface area contributed by atoms with Crippen LogP contribution in [0.25, 0.3) is 0 Å². The standard InChI is InChI=1S/C16H29N3S/c1-4-13(2)20-12-15(17-3)11-14-9-10-19(18-14)16-7-5-6-8-16/h9-10,13,15-17H,4-8,11-12H2,1-3H3. The average Bonchev–Trinajstić information content (AvgIpc) is 3.13. The Morgan fingerprint density at radius 1 is 1.45 bits per heavy atom. The SMILES string of the molecule is CCC(C)SCC(Cc1ccn(C2CCCC2)n1)NC. The van der Waals surface area contributed by atoms with E-state index in [4.69, 9.17) is 5.10 Å². The molecular weight excluding hydrogens is 266 g/mol. The van der Waals surface area contributed by atoms with Gasteiger partial charge in [-0.05, 0) is 32.4 Å². The fourth-order valence-electron chi connectivity index (χ4n) is 2.75. The Bertz CT molecular complexity index is 385. The van der Waals surface area contributed by atoms with Crippen LogP contribution in [0.4, 0.5) is 0 Å². The molecule has 1 saturated carbocycles. The van der Waals surface area contributed by atoms with Gasteiger partial charge in [0, 0.05) is 29.7 Å². The normalized spacial score (nSPS) is 19.4. The molecular formula is C16H29N3S. The highest BCUT2D eigenvalue weighted by atomic mass is 32.2. The first-order valence-corrected chi connectivity index (χ1v) is 9.10. The number of aromatic nitrogens is 2. The van der Waals surface area contributed by atoms with Crippen LogP contribution in [-0.4, -0.2) is 33.9 Å². The van der Waals surface area contributed by atoms with E-state index in [0.717, 1.165) is 11.7 Å². The molecule has 2 unspecified atom stereocenters. The molecule has 0 saturated heterocycles. The van der Waals surface area contributed by atoms with Crippen LogP contribution in [0.3, 0.4) is 0 Å². The summed E-state index contributed by atoms with van der Waals surface area (Å²) in [6, 6.07) is 3.39. The van der Waals surface area contributed by atoms with Crippen LogP contribution in [0.1, 0.15) is 57.7 Å². The average molecular weight is 295 g/mol. The van der Waals surface area contributed by atoms with Gasteiger partial charge in [-0.1, -0.05) is 26.7 Å². The summed E-state index contributed by atoms with van der Waals surface area (Å²) >= 11 is 2.06. The quantitative estimate of drug-likeness (QED) is 0.794. The second-order valence-corrected chi connectivity index (χ2v) is 7.44. The number of nitrogens with one attached hydrogen (secondary N) is 1. The van der Waals surface area contributed by atoms with Crippen molar-refractivity contribution < 1.29 is 0 Å². The van der Waals surface area contributed by atoms with Gasteiger partial charge in [0.2, 0.25) is 0 Å². The van der Waals surface area contributed by atoms with Gasteiger partial charge >= 0.3 is 0 Å². The van der Waals surface area contributed by atoms with Gasteiger partial charge in [0.05, 0.1) is 11.7 Å². The summed E-state index contributed by atoms with van der Waals surface area (Å²) in [5.41, 5.74) is 1.24. The molecule has 1 N–H and O–H groups in total. The fourth-order valence-corrected chi connectivity index (χ4v) is 3.83. The third-order valence-corrected chi connectivity index (χ3v) is 5.88. The largest absolute Gasteiger partial charge is 0.316 e. The van der Waals surface area contributed by atoms with Gasteiger partial charge in [-0.25, -0.2) is 0 Å². The molecule has 2 atom stereocenters. The second kappa shape index (κ2) is 8.08. The van der Waals surface area contributed by atoms with E-state index in [1.807, 2.05) is 0 Å². The third-order valence-electron chi connectivity index (χ3n) is 4.38. The Balaban J connectivity index is 1.84. The summed E-state index contributed by atoms with van der Waals surface area (Å²) in [6.07, 6.45) is 9.81. The molecule has 3 nitrogen and oxygen atoms in total. The van der Waals surface area contributed by atoms with Crippen LogP contribution in [-0.2, 0) is 6.42 Å². The van der Waals surface area contributed by atoms with Crippen molar-refractivity contribution in [3.05, 3.63) is 18.0 Å². The van der Waals surface area contributed by atoms with E-state index in [1.54, 1.807) is 0 Å². The van der Waals surface area contributed by atoms with Crippen molar-refractivity contribution in [3.63, 3.8) is 0 Å². The van der Waals surface area contributed by atoms with Crippen molar-refractivity contribution in [2.45, 2.75) is 69.7 Å². The number of hydrogen-bond acceptors (Lipinski definition) is 3. The minimum atomic E-state index is 0.529. The molecule has 114 valence electrons. The molecule has 4 heteroatoms. The van der Waals surface area contributed by atoms with E-state index in [2.05, 4.69) is 54.9 Å². The predicted molar refractivity (Wildman–Crippen MR) is 88.5 cm³/mol. The van der Waals surface area contributed by atoms with Crippen molar-refractivity contribution in [2.24, 2.45) is 0 Å². The zero-order valence-corrected chi connectivity index (χ0v) is 14.0. The Morgan fingerprint density at radius 2 is 2.20 bits per heavy atom. The molecule has 1 aliphatic carbocycles. The molecule has 1 aromatic rings. The van der Waals surface area contributed by atoms with Crippen molar-refractivity contribution in [1.29, 1.82) is 0 Å². The minimum absolute atomic E-state index is 0.529. The van der Waals surface area contributed by atoms with Gasteiger partial charge in [0.25, 0.3) is 0 Å². The van der Waals surface area contributed by atoms with Crippen LogP contribution in [0.5, 0.6) is 0 Å². The van der Waals surface area contributed by atoms with Crippen molar-refractivity contribution >= 4 is 11.8 Å². The van der Waals surface area contributed by atoms with Gasteiger partial charge in [-0.2, -0.15) is 16.9 Å². The van der Waals surface area contributed by atoms with E-state index >= 15 is 0 Å². The Kier molecular flexibility index (Phi) is 6.43. The fraction of sp³-hybridized carbons (Fsp3) is 0.812. The summed E-state index contributed by atoms with van der Waals surface area (Å²) in [5.74, 6) is 1.17. The monoisotopic (exact) mass is 295 g/mol. The molecule has 1 fully saturated rings. The summed E-state index contributed by atoms with van der Waals surface area (Å²) in [7, 11) is 2.07. The molecule has 1 aromatic heterocycles. The van der Waals surface area contributed by atoms with Crippen LogP contribution in [0, 0.1) is 0 Å². The first kappa shape index (κ1) is 15.9. The number of nitrogens with zero attached hydrogens (tertiary/aromatic N) is 2. The lowest BCUT2D eigenvalue weighted by Gasteiger charge is -2.17. The number of thioether (sulfide) groups is 1. The summed E-state index contributed by atoms with van der Waals surface area (Å²) in [5, 5.41) is 8.99. The topological polar surface area (TPSA) is 29.9 Å². The number of hydrogen-bond donors (Lipinski definition) is 1. The maximum atomic E-state index is 4.79. The molecule has 0 bridgehead atoms. The van der Waals surface area contributed by atoms with Crippen LogP contribution in [0.15, 0.2) is 12.3 Å². The molecule has 20 heavy (non-hydrogen) atoms. The Morgan fingerprint density at radius 3 is 2.85 bits per heavy atom. The number of likely N-dealkylation sites (N-methyl/N-ethyl adjacent to an activating group) is 1. The van der Waals surface area contributed by atoms with Crippen LogP contribution in [0.2, 0.25) is 0 Å². The van der Waals surface area contributed by atoms with E-state index in [-0.39, 0.29) is 0 Å². The number of rotatable bonds is 8. The van der Waals surface area contributed by atoms with Crippen LogP contribution >= 0.6 is 11.8 Å². The van der Waals surface area contributed by atoms with Crippen molar-refractivity contribution in [3.8, 4) is 0 Å². The van der Waals surface area contributed by atoms with E-state index in [0.29, 0.717) is 12.1 Å². The molecule has 0 aromatic carbocycles. The van der Waals surface area contributed by atoms with Crippen LogP contribution < -0.4 is 5.32 Å². The lowest BCUT2D eigenvalue weighted by molar-refractivity contribution is 0.460. The molecule has 0 amide bonds. The van der Waals surface area contributed by atoms with Gasteiger partial charge in [-0.3, -0.25) is 4.68 Å². The Labute approximate surface area is 127 Å². The van der Waals surface area contributed by atoms with E-state index in [1.165, 1.54) is 43.6 Å². The van der Waals surface area contributed by atoms with Crippen molar-refractivity contribution in [2.75, 3.05) is 12.8 Å². The van der Waals surface area contributed by atoms with Gasteiger partial charge in [0.15, 0.2) is 0 Å². The van der Waals surface area contributed by atoms with Gasteiger partial charge in [0.1, 0.15) is 0 Å². The molecule has 2 rings (SSSR count). The molecule has 1 aliphatic rings. The Hall–Kier alpha value is -0.480. The first-order chi connectivity index (χ1) is 9.72. The third kappa shape index (κ3) is 4.52. The van der Waals surface area contributed by atoms with E-state index in [9.17, 15) is 0 Å². The highest BCUT2D eigenvalue weighted by Crippen LogP contribution is 2.28. The van der Waals surface area contributed by atoms with E-state index < -0.39 is 0 Å². The predicted octanol–water partition coefficient (Wildman–Crippen LogP) is 3.66. The lowest BCUT2D eigenvalue weighted by atomic mass is 10.2. The minimum Gasteiger partial charge on any atom is -0.316 e. The molecule has 0 radical (unpaired) electrons. The molecule has 0 spiro atoms.